The maximum Gasteiger partial charge on any atom is 0.180 e. The van der Waals surface area contributed by atoms with E-state index in [9.17, 15) is 0 Å². The molecule has 0 aliphatic heterocycles. The third-order valence-electron chi connectivity index (χ3n) is 1.67. The molecule has 1 nitrogen and oxygen atoms in total. The summed E-state index contributed by atoms with van der Waals surface area (Å²) in [6.07, 6.45) is 0.996. The molecule has 0 aromatic rings. The second-order valence-electron chi connectivity index (χ2n) is 3.73. The second kappa shape index (κ2) is 5.05. The van der Waals surface area contributed by atoms with Gasteiger partial charge in [-0.2, -0.15) is 11.1 Å². The van der Waals surface area contributed by atoms with Crippen molar-refractivity contribution < 1.29 is 4.74 Å². The summed E-state index contributed by atoms with van der Waals surface area (Å²) in [6, 6.07) is 0. The molecule has 0 aromatic heterocycles. The fourth-order valence-corrected chi connectivity index (χ4v) is 3.15. The van der Waals surface area contributed by atoms with E-state index in [0.29, 0.717) is 6.61 Å². The average molecular weight is 207 g/mol. The summed E-state index contributed by atoms with van der Waals surface area (Å²) < 4.78 is 5.65. The van der Waals surface area contributed by atoms with Crippen LogP contribution in [-0.2, 0) is 4.74 Å². The van der Waals surface area contributed by atoms with Crippen LogP contribution in [-0.4, -0.2) is 19.7 Å². The van der Waals surface area contributed by atoms with Crippen LogP contribution in [0, 0.1) is 0 Å². The largest absolute Gasteiger partial charge is 0.376 e. The zero-order chi connectivity index (χ0) is 9.78. The van der Waals surface area contributed by atoms with E-state index in [1.807, 2.05) is 6.92 Å². The van der Waals surface area contributed by atoms with Crippen molar-refractivity contribution in [3.63, 3.8) is 0 Å². The highest BCUT2D eigenvalue weighted by Gasteiger charge is 2.29. The van der Waals surface area contributed by atoms with Crippen LogP contribution < -0.4 is 0 Å². The van der Waals surface area contributed by atoms with Gasteiger partial charge < -0.3 is 4.74 Å². The number of hydrogen-bond acceptors (Lipinski definition) is 1. The van der Waals surface area contributed by atoms with Gasteiger partial charge in [-0.3, -0.25) is 0 Å². The van der Waals surface area contributed by atoms with Gasteiger partial charge in [0.1, 0.15) is 0 Å². The summed E-state index contributed by atoms with van der Waals surface area (Å²) in [5.74, 6) is 0. The maximum absolute atomic E-state index is 6.27. The molecule has 0 spiro atoms. The summed E-state index contributed by atoms with van der Waals surface area (Å²) in [6.45, 7) is 12.7. The number of halogens is 1. The molecule has 0 N–H and O–H groups in total. The highest BCUT2D eigenvalue weighted by molar-refractivity contribution is 7.19. The van der Waals surface area contributed by atoms with Crippen LogP contribution in [0.2, 0.25) is 13.1 Å². The summed E-state index contributed by atoms with van der Waals surface area (Å²) in [5, 5.41) is 0. The van der Waals surface area contributed by atoms with Gasteiger partial charge in [0.15, 0.2) is 7.38 Å². The van der Waals surface area contributed by atoms with Gasteiger partial charge in [-0.05, 0) is 13.3 Å². The highest BCUT2D eigenvalue weighted by Crippen LogP contribution is 2.19. The lowest BCUT2D eigenvalue weighted by Gasteiger charge is -2.25. The molecule has 0 unspecified atom stereocenters. The van der Waals surface area contributed by atoms with Crippen LogP contribution in [0.15, 0.2) is 12.2 Å². The van der Waals surface area contributed by atoms with E-state index in [2.05, 4.69) is 26.6 Å². The Labute approximate surface area is 81.5 Å². The van der Waals surface area contributed by atoms with Gasteiger partial charge in [-0.25, -0.2) is 0 Å². The molecule has 0 aliphatic rings. The van der Waals surface area contributed by atoms with Crippen molar-refractivity contribution in [3.8, 4) is 0 Å². The molecule has 1 atom stereocenters. The summed E-state index contributed by atoms with van der Waals surface area (Å²) in [5.41, 5.74) is 1.30. The first-order chi connectivity index (χ1) is 5.38. The Balaban J connectivity index is 3.92. The first-order valence-corrected chi connectivity index (χ1v) is 8.41. The van der Waals surface area contributed by atoms with Crippen molar-refractivity contribution in [3.05, 3.63) is 12.2 Å². The predicted octanol–water partition coefficient (Wildman–Crippen LogP) is 3.34. The van der Waals surface area contributed by atoms with Crippen molar-refractivity contribution in [1.29, 1.82) is 0 Å². The molecule has 0 saturated carbocycles. The molecule has 0 radical (unpaired) electrons. The van der Waals surface area contributed by atoms with E-state index in [1.54, 1.807) is 0 Å². The standard InChI is InChI=1S/C9H19ClOSi/c1-6-9(12(4,5)10)11-7-8(2)3/h9H,2,6-7H2,1,3-5H3/t9-/m0/s1. The highest BCUT2D eigenvalue weighted by atomic mass is 35.6. The lowest BCUT2D eigenvalue weighted by atomic mass is 10.4. The number of ether oxygens (including phenoxy) is 1. The molecule has 0 amide bonds. The SMILES string of the molecule is C=C(C)CO[C@H](CC)[Si](C)(C)Cl. The summed E-state index contributed by atoms with van der Waals surface area (Å²) in [4.78, 5) is 0. The van der Waals surface area contributed by atoms with Crippen molar-refractivity contribution in [2.45, 2.75) is 39.1 Å². The Morgan fingerprint density at radius 2 is 2.08 bits per heavy atom. The summed E-state index contributed by atoms with van der Waals surface area (Å²) in [7, 11) is -1.64. The van der Waals surface area contributed by atoms with E-state index >= 15 is 0 Å². The average Bonchev–Trinajstić information content (AvgIpc) is 1.85. The van der Waals surface area contributed by atoms with Crippen LogP contribution in [0.25, 0.3) is 0 Å². The first-order valence-electron chi connectivity index (χ1n) is 4.32. The number of rotatable bonds is 5. The third kappa shape index (κ3) is 4.96. The molecule has 0 rings (SSSR count). The Kier molecular flexibility index (Phi) is 5.14. The fourth-order valence-electron chi connectivity index (χ4n) is 1.04. The third-order valence-corrected chi connectivity index (χ3v) is 4.50. The van der Waals surface area contributed by atoms with Crippen LogP contribution in [0.5, 0.6) is 0 Å². The molecule has 0 heterocycles. The fraction of sp³-hybridized carbons (Fsp3) is 0.778. The lowest BCUT2D eigenvalue weighted by molar-refractivity contribution is 0.119. The van der Waals surface area contributed by atoms with Crippen molar-refractivity contribution in [2.24, 2.45) is 0 Å². The second-order valence-corrected chi connectivity index (χ2v) is 10.4. The van der Waals surface area contributed by atoms with E-state index < -0.39 is 7.38 Å². The Morgan fingerprint density at radius 3 is 2.33 bits per heavy atom. The molecule has 0 aliphatic carbocycles. The van der Waals surface area contributed by atoms with Gasteiger partial charge in [0.05, 0.1) is 12.3 Å². The van der Waals surface area contributed by atoms with Crippen LogP contribution in [0.4, 0.5) is 0 Å². The predicted molar refractivity (Wildman–Crippen MR) is 58.2 cm³/mol. The summed E-state index contributed by atoms with van der Waals surface area (Å²) >= 11 is 6.27. The minimum absolute atomic E-state index is 0.246. The van der Waals surface area contributed by atoms with Gasteiger partial charge in [0, 0.05) is 0 Å². The molecule has 3 heteroatoms. The topological polar surface area (TPSA) is 9.23 Å². The zero-order valence-corrected chi connectivity index (χ0v) is 10.2. The van der Waals surface area contributed by atoms with Crippen LogP contribution >= 0.6 is 11.1 Å². The van der Waals surface area contributed by atoms with E-state index in [1.165, 1.54) is 0 Å². The van der Waals surface area contributed by atoms with E-state index in [-0.39, 0.29) is 5.73 Å². The van der Waals surface area contributed by atoms with Crippen LogP contribution in [0.1, 0.15) is 20.3 Å². The minimum Gasteiger partial charge on any atom is -0.376 e. The quantitative estimate of drug-likeness (QED) is 0.381. The monoisotopic (exact) mass is 206 g/mol. The van der Waals surface area contributed by atoms with Crippen molar-refractivity contribution >= 4 is 18.5 Å². The first kappa shape index (κ1) is 12.2. The molecule has 0 fully saturated rings. The van der Waals surface area contributed by atoms with E-state index in [4.69, 9.17) is 15.8 Å². The molecule has 12 heavy (non-hydrogen) atoms. The van der Waals surface area contributed by atoms with Gasteiger partial charge in [-0.15, -0.1) is 0 Å². The molecule has 72 valence electrons. The van der Waals surface area contributed by atoms with E-state index in [0.717, 1.165) is 12.0 Å². The smallest absolute Gasteiger partial charge is 0.180 e. The van der Waals surface area contributed by atoms with Gasteiger partial charge >= 0.3 is 0 Å². The van der Waals surface area contributed by atoms with Crippen LogP contribution in [0.3, 0.4) is 0 Å². The molecular formula is C9H19ClOSi. The molecule has 0 saturated heterocycles. The number of hydrogen-bond donors (Lipinski definition) is 0. The van der Waals surface area contributed by atoms with Crippen molar-refractivity contribution in [1.82, 2.24) is 0 Å². The maximum atomic E-state index is 6.27. The lowest BCUT2D eigenvalue weighted by Crippen LogP contribution is -2.38. The Hall–Kier alpha value is 0.207. The zero-order valence-electron chi connectivity index (χ0n) is 8.48. The van der Waals surface area contributed by atoms with Gasteiger partial charge in [0.2, 0.25) is 0 Å². The van der Waals surface area contributed by atoms with Gasteiger partial charge in [0.25, 0.3) is 0 Å². The normalized spacial score (nSPS) is 14.4. The van der Waals surface area contributed by atoms with Crippen molar-refractivity contribution in [2.75, 3.05) is 6.61 Å². The minimum atomic E-state index is -1.64. The Bertz CT molecular complexity index is 151. The molecule has 0 aromatic carbocycles. The Morgan fingerprint density at radius 1 is 1.58 bits per heavy atom. The van der Waals surface area contributed by atoms with Gasteiger partial charge in [-0.1, -0.05) is 32.2 Å². The molecular weight excluding hydrogens is 188 g/mol. The molecule has 0 bridgehead atoms.